The van der Waals surface area contributed by atoms with E-state index in [4.69, 9.17) is 11.0 Å². The second kappa shape index (κ2) is 5.19. The van der Waals surface area contributed by atoms with E-state index in [9.17, 15) is 4.79 Å². The molecular weight excluding hydrogens is 240 g/mol. The van der Waals surface area contributed by atoms with Crippen LogP contribution in [0.4, 0.5) is 11.4 Å². The van der Waals surface area contributed by atoms with Gasteiger partial charge in [0.25, 0.3) is 0 Å². The maximum absolute atomic E-state index is 12.2. The van der Waals surface area contributed by atoms with Gasteiger partial charge in [0.15, 0.2) is 0 Å². The number of carbonyl (C=O) groups is 1. The van der Waals surface area contributed by atoms with Crippen LogP contribution in [0, 0.1) is 11.3 Å². The molecule has 19 heavy (non-hydrogen) atoms. The first kappa shape index (κ1) is 13.2. The normalized spacial score (nSPS) is 18.2. The van der Waals surface area contributed by atoms with Crippen molar-refractivity contribution in [2.24, 2.45) is 0 Å². The van der Waals surface area contributed by atoms with Crippen LogP contribution in [0.1, 0.15) is 18.4 Å². The van der Waals surface area contributed by atoms with Crippen molar-refractivity contribution in [2.75, 3.05) is 31.3 Å². The number of nitrogen functional groups attached to an aromatic ring is 1. The van der Waals surface area contributed by atoms with E-state index in [0.29, 0.717) is 11.3 Å². The van der Waals surface area contributed by atoms with E-state index >= 15 is 0 Å². The topological polar surface area (TPSA) is 73.4 Å². The number of hydrogen-bond acceptors (Lipinski definition) is 4. The quantitative estimate of drug-likeness (QED) is 0.809. The van der Waals surface area contributed by atoms with Crippen molar-refractivity contribution in [3.05, 3.63) is 23.8 Å². The molecule has 100 valence electrons. The number of benzene rings is 1. The molecule has 1 atom stereocenters. The number of likely N-dealkylation sites (N-methyl/N-ethyl adjacent to an activating group) is 1. The van der Waals surface area contributed by atoms with E-state index in [1.54, 1.807) is 31.1 Å². The average Bonchev–Trinajstić information content (AvgIpc) is 2.87. The van der Waals surface area contributed by atoms with E-state index in [-0.39, 0.29) is 11.9 Å². The number of para-hydroxylation sites is 1. The van der Waals surface area contributed by atoms with Crippen molar-refractivity contribution in [1.29, 1.82) is 5.26 Å². The van der Waals surface area contributed by atoms with Gasteiger partial charge in [0.2, 0.25) is 5.91 Å². The highest BCUT2D eigenvalue weighted by molar-refractivity contribution is 5.87. The minimum Gasteiger partial charge on any atom is -0.396 e. The van der Waals surface area contributed by atoms with Crippen LogP contribution in [0.15, 0.2) is 18.2 Å². The predicted octanol–water partition coefficient (Wildman–Crippen LogP) is 1.20. The summed E-state index contributed by atoms with van der Waals surface area (Å²) >= 11 is 0. The zero-order chi connectivity index (χ0) is 14.0. The summed E-state index contributed by atoms with van der Waals surface area (Å²) in [5, 5.41) is 9.03. The van der Waals surface area contributed by atoms with Crippen molar-refractivity contribution in [1.82, 2.24) is 4.90 Å². The summed E-state index contributed by atoms with van der Waals surface area (Å²) in [5.74, 6) is 0.0826. The molecule has 0 radical (unpaired) electrons. The molecular formula is C14H18N4O. The largest absolute Gasteiger partial charge is 0.396 e. The first-order chi connectivity index (χ1) is 9.06. The van der Waals surface area contributed by atoms with Gasteiger partial charge in [-0.2, -0.15) is 5.26 Å². The van der Waals surface area contributed by atoms with Gasteiger partial charge in [0.05, 0.1) is 16.9 Å². The number of nitriles is 1. The Morgan fingerprint density at radius 3 is 2.89 bits per heavy atom. The van der Waals surface area contributed by atoms with Gasteiger partial charge >= 0.3 is 0 Å². The second-order valence-corrected chi connectivity index (χ2v) is 4.93. The number of carbonyl (C=O) groups excluding carboxylic acids is 1. The predicted molar refractivity (Wildman–Crippen MR) is 74.6 cm³/mol. The van der Waals surface area contributed by atoms with Crippen LogP contribution in [-0.2, 0) is 4.79 Å². The van der Waals surface area contributed by atoms with Crippen LogP contribution in [0.25, 0.3) is 0 Å². The molecule has 0 bridgehead atoms. The Morgan fingerprint density at radius 2 is 2.26 bits per heavy atom. The van der Waals surface area contributed by atoms with Gasteiger partial charge in [-0.05, 0) is 25.0 Å². The number of amides is 1. The molecule has 1 saturated heterocycles. The Labute approximate surface area is 113 Å². The first-order valence-corrected chi connectivity index (χ1v) is 6.32. The molecule has 0 aromatic heterocycles. The van der Waals surface area contributed by atoms with Crippen molar-refractivity contribution < 1.29 is 4.79 Å². The van der Waals surface area contributed by atoms with Crippen LogP contribution >= 0.6 is 0 Å². The zero-order valence-corrected chi connectivity index (χ0v) is 11.3. The number of nitrogens with two attached hydrogens (primary N) is 1. The van der Waals surface area contributed by atoms with E-state index < -0.39 is 0 Å². The lowest BCUT2D eigenvalue weighted by Gasteiger charge is -2.29. The van der Waals surface area contributed by atoms with Gasteiger partial charge in [-0.25, -0.2) is 0 Å². The van der Waals surface area contributed by atoms with Crippen LogP contribution in [0.2, 0.25) is 0 Å². The van der Waals surface area contributed by atoms with E-state index in [1.807, 2.05) is 11.0 Å². The van der Waals surface area contributed by atoms with E-state index in [1.165, 1.54) is 0 Å². The molecule has 0 spiro atoms. The number of rotatable bonds is 2. The standard InChI is InChI=1S/C14H18N4O/c1-17(2)14(19)12-7-4-8-18(12)11-6-3-5-10(9-15)13(11)16/h3,5-6,12H,4,7-8,16H2,1-2H3. The van der Waals surface area contributed by atoms with Crippen LogP contribution in [0.5, 0.6) is 0 Å². The first-order valence-electron chi connectivity index (χ1n) is 6.32. The minimum atomic E-state index is -0.175. The molecule has 1 fully saturated rings. The van der Waals surface area contributed by atoms with Gasteiger partial charge in [-0.15, -0.1) is 0 Å². The van der Waals surface area contributed by atoms with Crippen LogP contribution in [0.3, 0.4) is 0 Å². The molecule has 1 amide bonds. The Bertz CT molecular complexity index is 533. The van der Waals surface area contributed by atoms with Crippen molar-refractivity contribution in [2.45, 2.75) is 18.9 Å². The molecule has 1 aliphatic rings. The molecule has 1 aliphatic heterocycles. The summed E-state index contributed by atoms with van der Waals surface area (Å²) in [4.78, 5) is 15.8. The second-order valence-electron chi connectivity index (χ2n) is 4.93. The Hall–Kier alpha value is -2.22. The third kappa shape index (κ3) is 2.34. The van der Waals surface area contributed by atoms with E-state index in [2.05, 4.69) is 6.07 Å². The van der Waals surface area contributed by atoms with Crippen molar-refractivity contribution in [3.63, 3.8) is 0 Å². The maximum Gasteiger partial charge on any atom is 0.244 e. The highest BCUT2D eigenvalue weighted by atomic mass is 16.2. The van der Waals surface area contributed by atoms with Gasteiger partial charge in [-0.3, -0.25) is 4.79 Å². The number of hydrogen-bond donors (Lipinski definition) is 1. The summed E-state index contributed by atoms with van der Waals surface area (Å²) in [5.41, 5.74) is 7.73. The molecule has 2 rings (SSSR count). The fraction of sp³-hybridized carbons (Fsp3) is 0.429. The fourth-order valence-electron chi connectivity index (χ4n) is 2.51. The summed E-state index contributed by atoms with van der Waals surface area (Å²) in [7, 11) is 3.52. The SMILES string of the molecule is CN(C)C(=O)C1CCCN1c1cccc(C#N)c1N. The van der Waals surface area contributed by atoms with Gasteiger partial charge < -0.3 is 15.5 Å². The van der Waals surface area contributed by atoms with Gasteiger partial charge in [-0.1, -0.05) is 6.07 Å². The highest BCUT2D eigenvalue weighted by Gasteiger charge is 2.32. The molecule has 2 N–H and O–H groups in total. The van der Waals surface area contributed by atoms with Crippen molar-refractivity contribution in [3.8, 4) is 6.07 Å². The minimum absolute atomic E-state index is 0.0826. The number of anilines is 2. The Morgan fingerprint density at radius 1 is 1.53 bits per heavy atom. The van der Waals surface area contributed by atoms with E-state index in [0.717, 1.165) is 25.1 Å². The maximum atomic E-state index is 12.2. The van der Waals surface area contributed by atoms with Crippen molar-refractivity contribution >= 4 is 17.3 Å². The lowest BCUT2D eigenvalue weighted by Crippen LogP contribution is -2.43. The average molecular weight is 258 g/mol. The third-order valence-corrected chi connectivity index (χ3v) is 3.49. The summed E-state index contributed by atoms with van der Waals surface area (Å²) in [6, 6.07) is 7.27. The molecule has 0 saturated carbocycles. The fourth-order valence-corrected chi connectivity index (χ4v) is 2.51. The molecule has 1 heterocycles. The Kier molecular flexibility index (Phi) is 3.61. The Balaban J connectivity index is 2.36. The molecule has 0 aliphatic carbocycles. The van der Waals surface area contributed by atoms with Crippen LogP contribution in [-0.4, -0.2) is 37.5 Å². The molecule has 5 heteroatoms. The lowest BCUT2D eigenvalue weighted by molar-refractivity contribution is -0.129. The molecule has 1 aromatic rings. The molecule has 5 nitrogen and oxygen atoms in total. The van der Waals surface area contributed by atoms with Gasteiger partial charge in [0.1, 0.15) is 12.1 Å². The zero-order valence-electron chi connectivity index (χ0n) is 11.3. The summed E-state index contributed by atoms with van der Waals surface area (Å²) < 4.78 is 0. The molecule has 1 unspecified atom stereocenters. The highest BCUT2D eigenvalue weighted by Crippen LogP contribution is 2.32. The van der Waals surface area contributed by atoms with Crippen LogP contribution < -0.4 is 10.6 Å². The summed E-state index contributed by atoms with van der Waals surface area (Å²) in [6.07, 6.45) is 1.79. The lowest BCUT2D eigenvalue weighted by atomic mass is 10.1. The smallest absolute Gasteiger partial charge is 0.244 e. The molecule has 1 aromatic carbocycles. The summed E-state index contributed by atoms with van der Waals surface area (Å²) in [6.45, 7) is 0.795. The monoisotopic (exact) mass is 258 g/mol. The third-order valence-electron chi connectivity index (χ3n) is 3.49. The van der Waals surface area contributed by atoms with Gasteiger partial charge in [0, 0.05) is 20.6 Å². The number of nitrogens with zero attached hydrogens (tertiary/aromatic N) is 3.